The molecule has 0 aliphatic carbocycles. The zero-order valence-corrected chi connectivity index (χ0v) is 13.1. The van der Waals surface area contributed by atoms with Crippen molar-refractivity contribution in [3.05, 3.63) is 33.4 Å². The summed E-state index contributed by atoms with van der Waals surface area (Å²) in [7, 11) is 0. The highest BCUT2D eigenvalue weighted by molar-refractivity contribution is 9.11. The second-order valence-electron chi connectivity index (χ2n) is 4.55. The van der Waals surface area contributed by atoms with E-state index in [1.54, 1.807) is 0 Å². The van der Waals surface area contributed by atoms with Gasteiger partial charge in [0, 0.05) is 4.48 Å². The largest absolute Gasteiger partial charge is 0.0725 e. The monoisotopic (exact) mass is 284 g/mol. The molecule has 0 aromatic rings. The third-order valence-electron chi connectivity index (χ3n) is 3.27. The lowest BCUT2D eigenvalue weighted by Gasteiger charge is -2.11. The maximum Gasteiger partial charge on any atom is 0.0177 e. The van der Waals surface area contributed by atoms with Crippen LogP contribution in [0.3, 0.4) is 0 Å². The molecule has 0 aromatic carbocycles. The maximum absolute atomic E-state index is 3.61. The van der Waals surface area contributed by atoms with Crippen LogP contribution >= 0.6 is 15.9 Å². The van der Waals surface area contributed by atoms with Gasteiger partial charge in [0.2, 0.25) is 0 Å². The van der Waals surface area contributed by atoms with Gasteiger partial charge in [0.05, 0.1) is 0 Å². The molecule has 0 aliphatic rings. The molecular formula is C15H25Br. The van der Waals surface area contributed by atoms with E-state index in [0.717, 1.165) is 6.42 Å². The standard InChI is InChI=1S/C15H25Br/c1-7-11(3)9-15(16)10-13(5)14(6)12(4)8-2/h9-10,12H,7-8H2,1-6H3/b11-9+,14-13+,15-10+. The van der Waals surface area contributed by atoms with Gasteiger partial charge in [0.15, 0.2) is 0 Å². The van der Waals surface area contributed by atoms with Gasteiger partial charge in [-0.1, -0.05) is 53.4 Å². The van der Waals surface area contributed by atoms with Gasteiger partial charge in [-0.15, -0.1) is 0 Å². The van der Waals surface area contributed by atoms with Crippen LogP contribution in [0.15, 0.2) is 33.4 Å². The quantitative estimate of drug-likeness (QED) is 0.543. The summed E-state index contributed by atoms with van der Waals surface area (Å²) in [5, 5.41) is 0. The second kappa shape index (κ2) is 7.89. The molecule has 0 saturated carbocycles. The number of hydrogen-bond donors (Lipinski definition) is 0. The molecule has 0 bridgehead atoms. The lowest BCUT2D eigenvalue weighted by atomic mass is 9.95. The lowest BCUT2D eigenvalue weighted by molar-refractivity contribution is 0.650. The summed E-state index contributed by atoms with van der Waals surface area (Å²) in [5.41, 5.74) is 4.26. The fourth-order valence-electron chi connectivity index (χ4n) is 1.39. The highest BCUT2D eigenvalue weighted by Crippen LogP contribution is 2.21. The van der Waals surface area contributed by atoms with E-state index in [2.05, 4.69) is 69.6 Å². The van der Waals surface area contributed by atoms with Gasteiger partial charge in [0.25, 0.3) is 0 Å². The molecule has 0 heterocycles. The highest BCUT2D eigenvalue weighted by atomic mass is 79.9. The Bertz CT molecular complexity index is 305. The van der Waals surface area contributed by atoms with Crippen molar-refractivity contribution >= 4 is 15.9 Å². The molecule has 0 aliphatic heterocycles. The predicted molar refractivity (Wildman–Crippen MR) is 78.9 cm³/mol. The summed E-state index contributed by atoms with van der Waals surface area (Å²) in [6.45, 7) is 13.3. The average molecular weight is 285 g/mol. The molecule has 0 N–H and O–H groups in total. The average Bonchev–Trinajstić information content (AvgIpc) is 2.26. The number of halogens is 1. The Morgan fingerprint density at radius 3 is 2.12 bits per heavy atom. The van der Waals surface area contributed by atoms with Gasteiger partial charge in [-0.2, -0.15) is 0 Å². The van der Waals surface area contributed by atoms with Gasteiger partial charge in [-0.05, 0) is 51.7 Å². The molecule has 1 heteroatoms. The zero-order valence-electron chi connectivity index (χ0n) is 11.5. The smallest absolute Gasteiger partial charge is 0.0177 e. The number of allylic oxidation sites excluding steroid dienone is 6. The van der Waals surface area contributed by atoms with Crippen LogP contribution in [0, 0.1) is 5.92 Å². The van der Waals surface area contributed by atoms with Crippen LogP contribution in [0.25, 0.3) is 0 Å². The van der Waals surface area contributed by atoms with Crippen molar-refractivity contribution in [1.29, 1.82) is 0 Å². The summed E-state index contributed by atoms with van der Waals surface area (Å²) in [4.78, 5) is 0. The molecule has 1 atom stereocenters. The molecule has 0 spiro atoms. The van der Waals surface area contributed by atoms with Crippen molar-refractivity contribution in [3.8, 4) is 0 Å². The fourth-order valence-corrected chi connectivity index (χ4v) is 2.13. The van der Waals surface area contributed by atoms with Crippen molar-refractivity contribution in [3.63, 3.8) is 0 Å². The third-order valence-corrected chi connectivity index (χ3v) is 3.73. The molecule has 0 amide bonds. The predicted octanol–water partition coefficient (Wildman–Crippen LogP) is 6.00. The van der Waals surface area contributed by atoms with Gasteiger partial charge in [-0.25, -0.2) is 0 Å². The van der Waals surface area contributed by atoms with E-state index in [4.69, 9.17) is 0 Å². The Morgan fingerprint density at radius 2 is 1.69 bits per heavy atom. The minimum atomic E-state index is 0.674. The molecule has 0 nitrogen and oxygen atoms in total. The first kappa shape index (κ1) is 15.7. The molecule has 0 aromatic heterocycles. The van der Waals surface area contributed by atoms with Crippen LogP contribution in [-0.2, 0) is 0 Å². The first-order chi connectivity index (χ1) is 7.42. The number of rotatable bonds is 5. The second-order valence-corrected chi connectivity index (χ2v) is 5.46. The molecule has 0 fully saturated rings. The Hall–Kier alpha value is -0.300. The summed E-state index contributed by atoms with van der Waals surface area (Å²) in [6.07, 6.45) is 6.74. The minimum Gasteiger partial charge on any atom is -0.0725 e. The van der Waals surface area contributed by atoms with E-state index in [1.165, 1.54) is 27.6 Å². The molecule has 1 unspecified atom stereocenters. The minimum absolute atomic E-state index is 0.674. The van der Waals surface area contributed by atoms with Crippen LogP contribution in [-0.4, -0.2) is 0 Å². The molecule has 16 heavy (non-hydrogen) atoms. The van der Waals surface area contributed by atoms with Crippen molar-refractivity contribution < 1.29 is 0 Å². The van der Waals surface area contributed by atoms with Crippen molar-refractivity contribution in [2.24, 2.45) is 5.92 Å². The van der Waals surface area contributed by atoms with Crippen LogP contribution in [0.1, 0.15) is 54.4 Å². The summed E-state index contributed by atoms with van der Waals surface area (Å²) in [6, 6.07) is 0. The zero-order chi connectivity index (χ0) is 12.7. The molecule has 0 rings (SSSR count). The first-order valence-corrected chi connectivity index (χ1v) is 6.93. The Morgan fingerprint density at radius 1 is 1.12 bits per heavy atom. The molecule has 0 saturated heterocycles. The molecular weight excluding hydrogens is 260 g/mol. The van der Waals surface area contributed by atoms with Crippen LogP contribution in [0.5, 0.6) is 0 Å². The lowest BCUT2D eigenvalue weighted by Crippen LogP contribution is -1.96. The number of hydrogen-bond acceptors (Lipinski definition) is 0. The fraction of sp³-hybridized carbons (Fsp3) is 0.600. The summed E-state index contributed by atoms with van der Waals surface area (Å²) >= 11 is 3.61. The van der Waals surface area contributed by atoms with Crippen LogP contribution in [0.4, 0.5) is 0 Å². The van der Waals surface area contributed by atoms with E-state index in [0.29, 0.717) is 5.92 Å². The first-order valence-electron chi connectivity index (χ1n) is 6.14. The van der Waals surface area contributed by atoms with Gasteiger partial charge < -0.3 is 0 Å². The molecule has 92 valence electrons. The summed E-state index contributed by atoms with van der Waals surface area (Å²) in [5.74, 6) is 0.674. The summed E-state index contributed by atoms with van der Waals surface area (Å²) < 4.78 is 1.17. The SMILES string of the molecule is CC/C(C)=C/C(Br)=C\C(C)=C(/C)C(C)CC. The Labute approximate surface area is 110 Å². The third kappa shape index (κ3) is 5.69. The van der Waals surface area contributed by atoms with Gasteiger partial charge in [0.1, 0.15) is 0 Å². The van der Waals surface area contributed by atoms with Crippen molar-refractivity contribution in [2.75, 3.05) is 0 Å². The van der Waals surface area contributed by atoms with Crippen molar-refractivity contribution in [1.82, 2.24) is 0 Å². The maximum atomic E-state index is 3.61. The molecule has 0 radical (unpaired) electrons. The van der Waals surface area contributed by atoms with E-state index < -0.39 is 0 Å². The van der Waals surface area contributed by atoms with Crippen molar-refractivity contribution in [2.45, 2.75) is 54.4 Å². The van der Waals surface area contributed by atoms with E-state index >= 15 is 0 Å². The highest BCUT2D eigenvalue weighted by Gasteiger charge is 2.03. The van der Waals surface area contributed by atoms with E-state index in [9.17, 15) is 0 Å². The Balaban J connectivity index is 4.88. The van der Waals surface area contributed by atoms with Crippen LogP contribution in [0.2, 0.25) is 0 Å². The van der Waals surface area contributed by atoms with E-state index in [1.807, 2.05) is 0 Å². The van der Waals surface area contributed by atoms with Gasteiger partial charge >= 0.3 is 0 Å². The normalized spacial score (nSPS) is 17.2. The Kier molecular flexibility index (Phi) is 7.74. The topological polar surface area (TPSA) is 0 Å². The van der Waals surface area contributed by atoms with Crippen LogP contribution < -0.4 is 0 Å². The van der Waals surface area contributed by atoms with Gasteiger partial charge in [-0.3, -0.25) is 0 Å². The van der Waals surface area contributed by atoms with E-state index in [-0.39, 0.29) is 0 Å².